The number of rotatable bonds is 0. The second-order valence-electron chi connectivity index (χ2n) is 2.24. The molecule has 0 aromatic heterocycles. The van der Waals surface area contributed by atoms with Crippen LogP contribution < -0.4 is 0 Å². The van der Waals surface area contributed by atoms with E-state index in [1.165, 1.54) is 0 Å². The first-order valence-electron chi connectivity index (χ1n) is 2.77. The molecular weight excluding hydrogens is 168 g/mol. The summed E-state index contributed by atoms with van der Waals surface area (Å²) in [6.45, 7) is 0.721. The average Bonchev–Trinajstić information content (AvgIpc) is 1.95. The van der Waals surface area contributed by atoms with Gasteiger partial charge in [0.15, 0.2) is 6.10 Å². The fourth-order valence-electron chi connectivity index (χ4n) is 0.700. The molecule has 0 amide bonds. The Morgan fingerprint density at radius 1 is 1.36 bits per heavy atom. The molecule has 0 aromatic carbocycles. The number of hydrogen-bond acceptors (Lipinski definition) is 2. The Kier molecular flexibility index (Phi) is 1.40. The average molecular weight is 172 g/mol. The van der Waals surface area contributed by atoms with Crippen LogP contribution >= 0.6 is 0 Å². The van der Waals surface area contributed by atoms with Crippen LogP contribution in [0.2, 0.25) is 0 Å². The van der Waals surface area contributed by atoms with Crippen LogP contribution in [-0.2, 0) is 9.53 Å². The maximum absolute atomic E-state index is 12.3. The zero-order valence-corrected chi connectivity index (χ0v) is 5.41. The van der Waals surface area contributed by atoms with E-state index in [-0.39, 0.29) is 0 Å². The van der Waals surface area contributed by atoms with Crippen molar-refractivity contribution in [1.29, 1.82) is 0 Å². The summed E-state index contributed by atoms with van der Waals surface area (Å²) < 4.78 is 52.5. The third kappa shape index (κ3) is 0.812. The number of carbonyl (C=O) groups excluding carboxylic acids is 1. The first-order valence-corrected chi connectivity index (χ1v) is 2.77. The molecule has 1 aliphatic heterocycles. The number of cyclic esters (lactones) is 1. The van der Waals surface area contributed by atoms with E-state index in [4.69, 9.17) is 0 Å². The van der Waals surface area contributed by atoms with Gasteiger partial charge in [0.2, 0.25) is 0 Å². The maximum Gasteiger partial charge on any atom is 0.408 e. The third-order valence-corrected chi connectivity index (χ3v) is 1.47. The molecule has 1 rings (SSSR count). The summed E-state index contributed by atoms with van der Waals surface area (Å²) in [7, 11) is 0. The SMILES string of the molecule is CC1OC(=O)C(F)(F)C1(F)F. The van der Waals surface area contributed by atoms with Gasteiger partial charge in [0.25, 0.3) is 0 Å². The molecule has 6 heteroatoms. The van der Waals surface area contributed by atoms with Crippen LogP contribution in [0, 0.1) is 0 Å². The first-order chi connectivity index (χ1) is 4.80. The molecule has 2 nitrogen and oxygen atoms in total. The Morgan fingerprint density at radius 3 is 1.91 bits per heavy atom. The quantitative estimate of drug-likeness (QED) is 0.405. The van der Waals surface area contributed by atoms with Gasteiger partial charge in [-0.3, -0.25) is 0 Å². The highest BCUT2D eigenvalue weighted by molar-refractivity contribution is 5.81. The van der Waals surface area contributed by atoms with Crippen LogP contribution in [0.25, 0.3) is 0 Å². The molecule has 0 aliphatic carbocycles. The molecule has 0 spiro atoms. The van der Waals surface area contributed by atoms with Crippen LogP contribution in [0.3, 0.4) is 0 Å². The fourth-order valence-corrected chi connectivity index (χ4v) is 0.700. The van der Waals surface area contributed by atoms with Gasteiger partial charge in [-0.05, 0) is 6.92 Å². The monoisotopic (exact) mass is 172 g/mol. The molecule has 0 aromatic rings. The van der Waals surface area contributed by atoms with Crippen molar-refractivity contribution in [2.45, 2.75) is 24.9 Å². The van der Waals surface area contributed by atoms with Crippen molar-refractivity contribution >= 4 is 5.97 Å². The van der Waals surface area contributed by atoms with Gasteiger partial charge in [-0.2, -0.15) is 17.6 Å². The number of esters is 1. The summed E-state index contributed by atoms with van der Waals surface area (Å²) in [5.41, 5.74) is 0. The van der Waals surface area contributed by atoms with Gasteiger partial charge in [-0.15, -0.1) is 0 Å². The van der Waals surface area contributed by atoms with E-state index in [0.29, 0.717) is 0 Å². The van der Waals surface area contributed by atoms with Crippen molar-refractivity contribution in [3.8, 4) is 0 Å². The maximum atomic E-state index is 12.3. The topological polar surface area (TPSA) is 26.3 Å². The zero-order valence-electron chi connectivity index (χ0n) is 5.41. The summed E-state index contributed by atoms with van der Waals surface area (Å²) in [4.78, 5) is 10.1. The highest BCUT2D eigenvalue weighted by Gasteiger charge is 2.72. The molecule has 1 atom stereocenters. The lowest BCUT2D eigenvalue weighted by Crippen LogP contribution is -2.43. The lowest BCUT2D eigenvalue weighted by atomic mass is 10.1. The Morgan fingerprint density at radius 2 is 1.82 bits per heavy atom. The van der Waals surface area contributed by atoms with E-state index in [1.807, 2.05) is 0 Å². The van der Waals surface area contributed by atoms with Gasteiger partial charge < -0.3 is 4.74 Å². The second kappa shape index (κ2) is 1.86. The minimum absolute atomic E-state index is 0.721. The Balaban J connectivity index is 3.04. The third-order valence-electron chi connectivity index (χ3n) is 1.47. The fraction of sp³-hybridized carbons (Fsp3) is 0.800. The van der Waals surface area contributed by atoms with E-state index in [2.05, 4.69) is 4.74 Å². The molecule has 0 bridgehead atoms. The molecule has 1 saturated heterocycles. The van der Waals surface area contributed by atoms with Crippen LogP contribution in [0.1, 0.15) is 6.92 Å². The van der Waals surface area contributed by atoms with E-state index in [1.54, 1.807) is 0 Å². The minimum atomic E-state index is -4.67. The summed E-state index contributed by atoms with van der Waals surface area (Å²) in [6, 6.07) is 0. The highest BCUT2D eigenvalue weighted by Crippen LogP contribution is 2.44. The molecule has 11 heavy (non-hydrogen) atoms. The Bertz CT molecular complexity index is 201. The summed E-state index contributed by atoms with van der Waals surface area (Å²) in [6.07, 6.45) is -2.05. The molecule has 0 radical (unpaired) electrons. The minimum Gasteiger partial charge on any atom is -0.451 e. The van der Waals surface area contributed by atoms with Gasteiger partial charge in [-0.1, -0.05) is 0 Å². The lowest BCUT2D eigenvalue weighted by molar-refractivity contribution is -0.192. The smallest absolute Gasteiger partial charge is 0.408 e. The number of carbonyl (C=O) groups is 1. The standard InChI is InChI=1S/C5H4F4O2/c1-2-4(6,7)5(8,9)3(10)11-2/h2H,1H3. The van der Waals surface area contributed by atoms with E-state index < -0.39 is 23.9 Å². The van der Waals surface area contributed by atoms with Gasteiger partial charge in [-0.25, -0.2) is 4.79 Å². The van der Waals surface area contributed by atoms with Crippen molar-refractivity contribution in [3.05, 3.63) is 0 Å². The lowest BCUT2D eigenvalue weighted by Gasteiger charge is -2.15. The van der Waals surface area contributed by atoms with Crippen molar-refractivity contribution < 1.29 is 27.1 Å². The highest BCUT2D eigenvalue weighted by atomic mass is 19.3. The van der Waals surface area contributed by atoms with Gasteiger partial charge in [0.05, 0.1) is 0 Å². The van der Waals surface area contributed by atoms with Gasteiger partial charge in [0, 0.05) is 0 Å². The molecule has 1 heterocycles. The van der Waals surface area contributed by atoms with Gasteiger partial charge in [0.1, 0.15) is 0 Å². The predicted molar refractivity (Wildman–Crippen MR) is 25.4 cm³/mol. The molecule has 64 valence electrons. The van der Waals surface area contributed by atoms with E-state index in [0.717, 1.165) is 6.92 Å². The van der Waals surface area contributed by atoms with Crippen LogP contribution in [0.4, 0.5) is 17.6 Å². The summed E-state index contributed by atoms with van der Waals surface area (Å²) >= 11 is 0. The molecule has 1 unspecified atom stereocenters. The summed E-state index contributed by atoms with van der Waals surface area (Å²) in [5.74, 6) is -11.2. The van der Waals surface area contributed by atoms with Crippen LogP contribution in [-0.4, -0.2) is 23.9 Å². The zero-order chi connectivity index (χ0) is 8.86. The summed E-state index contributed by atoms with van der Waals surface area (Å²) in [5, 5.41) is 0. The Labute approximate surface area is 59.1 Å². The molecule has 1 aliphatic rings. The van der Waals surface area contributed by atoms with E-state index in [9.17, 15) is 22.4 Å². The van der Waals surface area contributed by atoms with Crippen molar-refractivity contribution in [2.75, 3.05) is 0 Å². The second-order valence-corrected chi connectivity index (χ2v) is 2.24. The number of hydrogen-bond donors (Lipinski definition) is 0. The molecule has 0 saturated carbocycles. The number of ether oxygens (including phenoxy) is 1. The molecular formula is C5H4F4O2. The largest absolute Gasteiger partial charge is 0.451 e. The molecule has 0 N–H and O–H groups in total. The van der Waals surface area contributed by atoms with Crippen molar-refractivity contribution in [1.82, 2.24) is 0 Å². The van der Waals surface area contributed by atoms with E-state index >= 15 is 0 Å². The van der Waals surface area contributed by atoms with Crippen LogP contribution in [0.15, 0.2) is 0 Å². The first kappa shape index (κ1) is 8.29. The Hall–Kier alpha value is -0.810. The van der Waals surface area contributed by atoms with Crippen LogP contribution in [0.5, 0.6) is 0 Å². The molecule has 1 fully saturated rings. The predicted octanol–water partition coefficient (Wildman–Crippen LogP) is 1.20. The van der Waals surface area contributed by atoms with Crippen molar-refractivity contribution in [3.63, 3.8) is 0 Å². The van der Waals surface area contributed by atoms with Gasteiger partial charge >= 0.3 is 17.8 Å². The number of halogens is 4. The normalized spacial score (nSPS) is 33.5. The number of alkyl halides is 4. The van der Waals surface area contributed by atoms with Crippen molar-refractivity contribution in [2.24, 2.45) is 0 Å².